The molecular weight excluding hydrogens is 266 g/mol. The minimum Gasteiger partial charge on any atom is -0.370 e. The Labute approximate surface area is 116 Å². The number of nitrogens with zero attached hydrogens (tertiary/aromatic N) is 1. The minimum atomic E-state index is -3.77. The Morgan fingerprint density at radius 3 is 1.68 bits per heavy atom. The van der Waals surface area contributed by atoms with Crippen molar-refractivity contribution in [3.05, 3.63) is 0 Å². The number of nitrogens with two attached hydrogens (primary N) is 2. The van der Waals surface area contributed by atoms with Crippen molar-refractivity contribution in [2.45, 2.75) is 57.8 Å². The molecule has 0 amide bonds. The maximum atomic E-state index is 10.5. The molecule has 0 bridgehead atoms. The number of aliphatic imine (C=N–C) groups is 1. The molecule has 19 heavy (non-hydrogen) atoms. The summed E-state index contributed by atoms with van der Waals surface area (Å²) in [6.45, 7) is 0.706. The molecule has 0 spiro atoms. The average Bonchev–Trinajstić information content (AvgIpc) is 2.28. The van der Waals surface area contributed by atoms with E-state index in [0.29, 0.717) is 13.0 Å². The number of guanidine groups is 1. The lowest BCUT2D eigenvalue weighted by Crippen LogP contribution is -2.22. The third-order valence-electron chi connectivity index (χ3n) is 2.85. The number of unbranched alkanes of at least 4 members (excludes halogenated alkanes) is 8. The topological polar surface area (TPSA) is 119 Å². The monoisotopic (exact) mass is 293 g/mol. The lowest BCUT2D eigenvalue weighted by atomic mass is 10.1. The van der Waals surface area contributed by atoms with Gasteiger partial charge in [0, 0.05) is 6.54 Å². The van der Waals surface area contributed by atoms with Crippen LogP contribution in [0.1, 0.15) is 57.8 Å². The molecule has 0 rings (SSSR count). The molecule has 0 fully saturated rings. The summed E-state index contributed by atoms with van der Waals surface area (Å²) in [5, 5.41) is 0. The second kappa shape index (κ2) is 11.0. The van der Waals surface area contributed by atoms with Gasteiger partial charge in [0.05, 0.1) is 5.75 Å². The van der Waals surface area contributed by atoms with Crippen LogP contribution in [0.25, 0.3) is 0 Å². The molecule has 0 saturated heterocycles. The van der Waals surface area contributed by atoms with Crippen LogP contribution in [0.5, 0.6) is 0 Å². The predicted molar refractivity (Wildman–Crippen MR) is 78.6 cm³/mol. The van der Waals surface area contributed by atoms with Crippen LogP contribution in [0, 0.1) is 0 Å². The molecule has 0 aliphatic heterocycles. The van der Waals surface area contributed by atoms with Crippen molar-refractivity contribution in [1.82, 2.24) is 0 Å². The summed E-state index contributed by atoms with van der Waals surface area (Å²) in [7, 11) is -3.77. The van der Waals surface area contributed by atoms with Gasteiger partial charge in [-0.25, -0.2) is 0 Å². The van der Waals surface area contributed by atoms with E-state index < -0.39 is 10.1 Å². The van der Waals surface area contributed by atoms with Gasteiger partial charge in [0.25, 0.3) is 10.1 Å². The molecule has 7 heteroatoms. The Hall–Kier alpha value is -0.820. The molecule has 0 aromatic carbocycles. The van der Waals surface area contributed by atoms with Gasteiger partial charge in [-0.2, -0.15) is 8.42 Å². The highest BCUT2D eigenvalue weighted by Crippen LogP contribution is 2.10. The molecule has 6 nitrogen and oxygen atoms in total. The average molecular weight is 293 g/mol. The van der Waals surface area contributed by atoms with Gasteiger partial charge < -0.3 is 11.5 Å². The van der Waals surface area contributed by atoms with Crippen LogP contribution in [0.2, 0.25) is 0 Å². The fourth-order valence-corrected chi connectivity index (χ4v) is 2.41. The first-order valence-electron chi connectivity index (χ1n) is 6.92. The van der Waals surface area contributed by atoms with E-state index in [1.54, 1.807) is 0 Å². The summed E-state index contributed by atoms with van der Waals surface area (Å²) in [6.07, 6.45) is 9.29. The zero-order chi connectivity index (χ0) is 14.6. The second-order valence-corrected chi connectivity index (χ2v) is 6.35. The van der Waals surface area contributed by atoms with Gasteiger partial charge in [-0.05, 0) is 12.8 Å². The maximum Gasteiger partial charge on any atom is 0.264 e. The summed E-state index contributed by atoms with van der Waals surface area (Å²) in [4.78, 5) is 3.91. The lowest BCUT2D eigenvalue weighted by Gasteiger charge is -2.01. The smallest absolute Gasteiger partial charge is 0.264 e. The quantitative estimate of drug-likeness (QED) is 0.219. The summed E-state index contributed by atoms with van der Waals surface area (Å²) >= 11 is 0. The van der Waals surface area contributed by atoms with Gasteiger partial charge in [0.2, 0.25) is 0 Å². The number of hydrogen-bond acceptors (Lipinski definition) is 3. The van der Waals surface area contributed by atoms with Crippen LogP contribution in [-0.4, -0.2) is 31.2 Å². The summed E-state index contributed by atoms with van der Waals surface area (Å²) < 4.78 is 29.5. The van der Waals surface area contributed by atoms with E-state index in [1.807, 2.05) is 0 Å². The first-order valence-corrected chi connectivity index (χ1v) is 8.53. The molecular formula is C12H27N3O3S. The van der Waals surface area contributed by atoms with Gasteiger partial charge in [-0.15, -0.1) is 0 Å². The van der Waals surface area contributed by atoms with Crippen LogP contribution in [0.4, 0.5) is 0 Å². The van der Waals surface area contributed by atoms with E-state index >= 15 is 0 Å². The largest absolute Gasteiger partial charge is 0.370 e. The van der Waals surface area contributed by atoms with Crippen LogP contribution >= 0.6 is 0 Å². The normalized spacial score (nSPS) is 11.4. The van der Waals surface area contributed by atoms with Crippen molar-refractivity contribution in [1.29, 1.82) is 0 Å². The first-order chi connectivity index (χ1) is 8.92. The Kier molecular flexibility index (Phi) is 10.6. The van der Waals surface area contributed by atoms with Crippen molar-refractivity contribution >= 4 is 16.1 Å². The van der Waals surface area contributed by atoms with Crippen molar-refractivity contribution in [2.24, 2.45) is 16.5 Å². The fourth-order valence-electron chi connectivity index (χ4n) is 1.84. The van der Waals surface area contributed by atoms with Crippen molar-refractivity contribution in [3.63, 3.8) is 0 Å². The van der Waals surface area contributed by atoms with Gasteiger partial charge in [-0.1, -0.05) is 44.9 Å². The highest BCUT2D eigenvalue weighted by molar-refractivity contribution is 7.85. The van der Waals surface area contributed by atoms with E-state index in [9.17, 15) is 8.42 Å². The van der Waals surface area contributed by atoms with Gasteiger partial charge in [0.15, 0.2) is 5.96 Å². The predicted octanol–water partition coefficient (Wildman–Crippen LogP) is 1.66. The Morgan fingerprint density at radius 1 is 0.842 bits per heavy atom. The molecule has 5 N–H and O–H groups in total. The van der Waals surface area contributed by atoms with E-state index in [1.165, 1.54) is 19.3 Å². The highest BCUT2D eigenvalue weighted by Gasteiger charge is 2.02. The third kappa shape index (κ3) is 17.2. The molecule has 0 radical (unpaired) electrons. The van der Waals surface area contributed by atoms with Crippen molar-refractivity contribution < 1.29 is 13.0 Å². The molecule has 114 valence electrons. The Morgan fingerprint density at radius 2 is 1.26 bits per heavy atom. The summed E-state index contributed by atoms with van der Waals surface area (Å²) in [5.74, 6) is 0.0440. The van der Waals surface area contributed by atoms with Crippen molar-refractivity contribution in [2.75, 3.05) is 12.3 Å². The standard InChI is InChI=1S/C12H27N3O3S/c13-12(14)15-10-8-6-4-2-1-3-5-7-9-11-19(16,17)18/h1-11H2,(H4,13,14,15)(H,16,17,18). The molecule has 0 aromatic heterocycles. The van der Waals surface area contributed by atoms with Crippen LogP contribution in [-0.2, 0) is 10.1 Å². The van der Waals surface area contributed by atoms with E-state index in [4.69, 9.17) is 16.0 Å². The van der Waals surface area contributed by atoms with Crippen LogP contribution in [0.3, 0.4) is 0 Å². The van der Waals surface area contributed by atoms with E-state index in [2.05, 4.69) is 4.99 Å². The minimum absolute atomic E-state index is 0.113. The highest BCUT2D eigenvalue weighted by atomic mass is 32.2. The second-order valence-electron chi connectivity index (χ2n) is 4.77. The van der Waals surface area contributed by atoms with Crippen LogP contribution in [0.15, 0.2) is 4.99 Å². The maximum absolute atomic E-state index is 10.5. The fraction of sp³-hybridized carbons (Fsp3) is 0.917. The molecule has 0 aliphatic rings. The molecule has 0 aromatic rings. The Bertz CT molecular complexity index is 338. The summed E-state index contributed by atoms with van der Waals surface area (Å²) in [6, 6.07) is 0. The number of rotatable bonds is 12. The zero-order valence-electron chi connectivity index (χ0n) is 11.6. The van der Waals surface area contributed by atoms with Gasteiger partial charge in [-0.3, -0.25) is 9.55 Å². The van der Waals surface area contributed by atoms with Gasteiger partial charge in [0.1, 0.15) is 0 Å². The first kappa shape index (κ1) is 18.2. The summed E-state index contributed by atoms with van der Waals surface area (Å²) in [5.41, 5.74) is 10.4. The van der Waals surface area contributed by atoms with Gasteiger partial charge >= 0.3 is 0 Å². The van der Waals surface area contributed by atoms with Crippen molar-refractivity contribution in [3.8, 4) is 0 Å². The van der Waals surface area contributed by atoms with E-state index in [0.717, 1.165) is 32.1 Å². The third-order valence-corrected chi connectivity index (χ3v) is 3.66. The molecule has 0 saturated carbocycles. The SMILES string of the molecule is NC(N)=NCCCCCCCCCCCS(=O)(=O)O. The number of hydrogen-bond donors (Lipinski definition) is 3. The zero-order valence-corrected chi connectivity index (χ0v) is 12.4. The molecule has 0 heterocycles. The van der Waals surface area contributed by atoms with Crippen LogP contribution < -0.4 is 11.5 Å². The molecule has 0 aliphatic carbocycles. The molecule has 0 atom stereocenters. The van der Waals surface area contributed by atoms with E-state index in [-0.39, 0.29) is 11.7 Å². The molecule has 0 unspecified atom stereocenters. The Balaban J connectivity index is 3.13. The lowest BCUT2D eigenvalue weighted by molar-refractivity contribution is 0.478.